The SMILES string of the molecule is COCCN(C(=O)C(=O)N1CCCCCC1)C1CCS(=O)(=O)C1. The van der Waals surface area contributed by atoms with E-state index in [1.54, 1.807) is 4.90 Å². The van der Waals surface area contributed by atoms with E-state index in [0.29, 0.717) is 19.5 Å². The number of likely N-dealkylation sites (tertiary alicyclic amines) is 1. The van der Waals surface area contributed by atoms with Gasteiger partial charge in [-0.15, -0.1) is 0 Å². The van der Waals surface area contributed by atoms with Crippen LogP contribution in [-0.2, 0) is 24.2 Å². The number of carbonyl (C=O) groups is 2. The second-order valence-corrected chi connectivity index (χ2v) is 8.48. The Morgan fingerprint density at radius 3 is 2.35 bits per heavy atom. The number of hydrogen-bond acceptors (Lipinski definition) is 5. The first-order valence-electron chi connectivity index (χ1n) is 8.24. The van der Waals surface area contributed by atoms with Gasteiger partial charge in [0.05, 0.1) is 18.1 Å². The van der Waals surface area contributed by atoms with E-state index >= 15 is 0 Å². The lowest BCUT2D eigenvalue weighted by atomic mass is 10.2. The van der Waals surface area contributed by atoms with Crippen LogP contribution in [0.3, 0.4) is 0 Å². The summed E-state index contributed by atoms with van der Waals surface area (Å²) >= 11 is 0. The van der Waals surface area contributed by atoms with E-state index in [1.165, 1.54) is 12.0 Å². The number of ether oxygens (including phenoxy) is 1. The van der Waals surface area contributed by atoms with Gasteiger partial charge in [0.2, 0.25) is 0 Å². The Hall–Kier alpha value is -1.15. The van der Waals surface area contributed by atoms with Gasteiger partial charge in [0.15, 0.2) is 9.84 Å². The molecule has 2 aliphatic heterocycles. The molecular formula is C15H26N2O5S. The summed E-state index contributed by atoms with van der Waals surface area (Å²) in [7, 11) is -1.60. The van der Waals surface area contributed by atoms with Gasteiger partial charge >= 0.3 is 11.8 Å². The number of hydrogen-bond donors (Lipinski definition) is 0. The maximum atomic E-state index is 12.6. The van der Waals surface area contributed by atoms with Gasteiger partial charge < -0.3 is 14.5 Å². The van der Waals surface area contributed by atoms with Gasteiger partial charge in [-0.2, -0.15) is 0 Å². The van der Waals surface area contributed by atoms with E-state index in [1.807, 2.05) is 0 Å². The predicted octanol–water partition coefficient (Wildman–Crippen LogP) is 0.0511. The highest BCUT2D eigenvalue weighted by molar-refractivity contribution is 7.91. The normalized spacial score (nSPS) is 24.2. The lowest BCUT2D eigenvalue weighted by Crippen LogP contribution is -2.51. The van der Waals surface area contributed by atoms with Gasteiger partial charge in [0.1, 0.15) is 0 Å². The second kappa shape index (κ2) is 8.10. The molecule has 2 fully saturated rings. The van der Waals surface area contributed by atoms with Crippen LogP contribution < -0.4 is 0 Å². The number of nitrogens with zero attached hydrogens (tertiary/aromatic N) is 2. The van der Waals surface area contributed by atoms with Crippen LogP contribution in [0.25, 0.3) is 0 Å². The van der Waals surface area contributed by atoms with E-state index in [4.69, 9.17) is 4.74 Å². The molecule has 23 heavy (non-hydrogen) atoms. The zero-order valence-corrected chi connectivity index (χ0v) is 14.5. The minimum atomic E-state index is -3.12. The quantitative estimate of drug-likeness (QED) is 0.672. The molecule has 0 saturated carbocycles. The monoisotopic (exact) mass is 346 g/mol. The van der Waals surface area contributed by atoms with Crippen molar-refractivity contribution in [3.63, 3.8) is 0 Å². The number of sulfone groups is 1. The Kier molecular flexibility index (Phi) is 6.41. The van der Waals surface area contributed by atoms with Crippen LogP contribution in [-0.4, -0.2) is 80.9 Å². The van der Waals surface area contributed by atoms with E-state index in [-0.39, 0.29) is 24.7 Å². The number of methoxy groups -OCH3 is 1. The summed E-state index contributed by atoms with van der Waals surface area (Å²) in [5.41, 5.74) is 0. The van der Waals surface area contributed by atoms with Gasteiger partial charge in [0, 0.05) is 32.8 Å². The van der Waals surface area contributed by atoms with Crippen molar-refractivity contribution in [1.82, 2.24) is 9.80 Å². The maximum absolute atomic E-state index is 12.6. The van der Waals surface area contributed by atoms with Crippen molar-refractivity contribution in [2.24, 2.45) is 0 Å². The summed E-state index contributed by atoms with van der Waals surface area (Å²) in [4.78, 5) is 28.2. The summed E-state index contributed by atoms with van der Waals surface area (Å²) in [5.74, 6) is -1.08. The van der Waals surface area contributed by atoms with Gasteiger partial charge in [0.25, 0.3) is 0 Å². The van der Waals surface area contributed by atoms with Crippen molar-refractivity contribution in [2.45, 2.75) is 38.1 Å². The standard InChI is InChI=1S/C15H26N2O5S/c1-22-10-9-17(13-6-11-23(20,21)12-13)15(19)14(18)16-7-4-2-3-5-8-16/h13H,2-12H2,1H3. The third kappa shape index (κ3) is 4.91. The molecule has 0 aromatic carbocycles. The number of rotatable bonds is 4. The molecule has 0 spiro atoms. The zero-order chi connectivity index (χ0) is 16.9. The van der Waals surface area contributed by atoms with Crippen LogP contribution in [0.15, 0.2) is 0 Å². The highest BCUT2D eigenvalue weighted by Gasteiger charge is 2.37. The summed E-state index contributed by atoms with van der Waals surface area (Å²) in [5, 5.41) is 0. The highest BCUT2D eigenvalue weighted by Crippen LogP contribution is 2.19. The van der Waals surface area contributed by atoms with Gasteiger partial charge in [-0.25, -0.2) is 8.42 Å². The average molecular weight is 346 g/mol. The second-order valence-electron chi connectivity index (χ2n) is 6.25. The molecule has 2 heterocycles. The molecule has 0 bridgehead atoms. The zero-order valence-electron chi connectivity index (χ0n) is 13.7. The van der Waals surface area contributed by atoms with Crippen LogP contribution in [0.1, 0.15) is 32.1 Å². The fourth-order valence-corrected chi connectivity index (χ4v) is 4.92. The molecule has 2 amide bonds. The third-order valence-corrected chi connectivity index (χ3v) is 6.27. The van der Waals surface area contributed by atoms with Crippen LogP contribution >= 0.6 is 0 Å². The van der Waals surface area contributed by atoms with E-state index in [9.17, 15) is 18.0 Å². The van der Waals surface area contributed by atoms with Crippen LogP contribution in [0.4, 0.5) is 0 Å². The molecule has 0 aromatic rings. The van der Waals surface area contributed by atoms with Crippen molar-refractivity contribution >= 4 is 21.7 Å². The number of amides is 2. The Morgan fingerprint density at radius 1 is 1.17 bits per heavy atom. The molecule has 0 N–H and O–H groups in total. The van der Waals surface area contributed by atoms with Crippen molar-refractivity contribution in [1.29, 1.82) is 0 Å². The predicted molar refractivity (Wildman–Crippen MR) is 85.7 cm³/mol. The van der Waals surface area contributed by atoms with Crippen LogP contribution in [0.5, 0.6) is 0 Å². The Balaban J connectivity index is 2.07. The maximum Gasteiger partial charge on any atom is 0.312 e. The molecule has 2 saturated heterocycles. The van der Waals surface area contributed by atoms with Gasteiger partial charge in [-0.05, 0) is 19.3 Å². The third-order valence-electron chi connectivity index (χ3n) is 4.52. The first kappa shape index (κ1) is 18.2. The molecule has 8 heteroatoms. The smallest absolute Gasteiger partial charge is 0.312 e. The fraction of sp³-hybridized carbons (Fsp3) is 0.867. The molecule has 1 atom stereocenters. The molecule has 132 valence electrons. The summed E-state index contributed by atoms with van der Waals surface area (Å²) in [6, 6.07) is -0.418. The number of carbonyl (C=O) groups excluding carboxylic acids is 2. The van der Waals surface area contributed by atoms with Gasteiger partial charge in [-0.3, -0.25) is 9.59 Å². The molecule has 1 unspecified atom stereocenters. The molecule has 2 rings (SSSR count). The van der Waals surface area contributed by atoms with Crippen molar-refractivity contribution < 1.29 is 22.7 Å². The van der Waals surface area contributed by atoms with Crippen LogP contribution in [0, 0.1) is 0 Å². The first-order valence-corrected chi connectivity index (χ1v) is 10.1. The Morgan fingerprint density at radius 2 is 1.83 bits per heavy atom. The Bertz CT molecular complexity index is 526. The largest absolute Gasteiger partial charge is 0.383 e. The lowest BCUT2D eigenvalue weighted by molar-refractivity contribution is -0.153. The minimum absolute atomic E-state index is 0.0598. The summed E-state index contributed by atoms with van der Waals surface area (Å²) < 4.78 is 28.4. The average Bonchev–Trinajstić information content (AvgIpc) is 2.74. The minimum Gasteiger partial charge on any atom is -0.383 e. The van der Waals surface area contributed by atoms with Crippen molar-refractivity contribution in [3.05, 3.63) is 0 Å². The van der Waals surface area contributed by atoms with Crippen molar-refractivity contribution in [2.75, 3.05) is 44.9 Å². The molecular weight excluding hydrogens is 320 g/mol. The van der Waals surface area contributed by atoms with E-state index in [2.05, 4.69) is 0 Å². The van der Waals surface area contributed by atoms with Gasteiger partial charge in [-0.1, -0.05) is 12.8 Å². The van der Waals surface area contributed by atoms with Crippen molar-refractivity contribution in [3.8, 4) is 0 Å². The molecule has 7 nitrogen and oxygen atoms in total. The van der Waals surface area contributed by atoms with E-state index < -0.39 is 27.7 Å². The first-order chi connectivity index (χ1) is 10.9. The lowest BCUT2D eigenvalue weighted by Gasteiger charge is -2.30. The highest BCUT2D eigenvalue weighted by atomic mass is 32.2. The topological polar surface area (TPSA) is 84.0 Å². The molecule has 0 aromatic heterocycles. The summed E-state index contributed by atoms with van der Waals surface area (Å²) in [6.45, 7) is 1.74. The van der Waals surface area contributed by atoms with Crippen LogP contribution in [0.2, 0.25) is 0 Å². The van der Waals surface area contributed by atoms with E-state index in [0.717, 1.165) is 25.7 Å². The Labute approximate surface area is 137 Å². The fourth-order valence-electron chi connectivity index (χ4n) is 3.19. The molecule has 0 radical (unpaired) electrons. The molecule has 2 aliphatic rings. The molecule has 0 aliphatic carbocycles. The summed E-state index contributed by atoms with van der Waals surface area (Å²) in [6.07, 6.45) is 4.37.